The maximum atomic E-state index is 14.6. The van der Waals surface area contributed by atoms with E-state index in [9.17, 15) is 13.6 Å². The molecule has 1 heterocycles. The monoisotopic (exact) mass is 383 g/mol. The molecule has 0 saturated carbocycles. The second-order valence-corrected chi connectivity index (χ2v) is 5.96. The Balaban J connectivity index is 2.44. The second-order valence-electron chi connectivity index (χ2n) is 5.96. The number of esters is 1. The van der Waals surface area contributed by atoms with Gasteiger partial charge in [0.15, 0.2) is 11.6 Å². The molecule has 0 aromatic heterocycles. The Morgan fingerprint density at radius 1 is 1.11 bits per heavy atom. The van der Waals surface area contributed by atoms with Crippen molar-refractivity contribution in [3.63, 3.8) is 0 Å². The van der Waals surface area contributed by atoms with Gasteiger partial charge in [0.1, 0.15) is 13.2 Å². The van der Waals surface area contributed by atoms with Crippen molar-refractivity contribution in [2.75, 3.05) is 34.0 Å². The van der Waals surface area contributed by atoms with E-state index >= 15 is 0 Å². The van der Waals surface area contributed by atoms with Crippen molar-refractivity contribution < 1.29 is 32.8 Å². The molecule has 0 fully saturated rings. The van der Waals surface area contributed by atoms with Gasteiger partial charge in [0.2, 0.25) is 0 Å². The van der Waals surface area contributed by atoms with Gasteiger partial charge in [0.25, 0.3) is 0 Å². The van der Waals surface area contributed by atoms with Crippen LogP contribution in [0.2, 0.25) is 0 Å². The average Bonchev–Trinajstić information content (AvgIpc) is 2.64. The predicted octanol–water partition coefficient (Wildman–Crippen LogP) is 2.97. The largest absolute Gasteiger partial charge is 0.466 e. The number of methoxy groups -OCH3 is 2. The topological polar surface area (TPSA) is 66.0 Å². The van der Waals surface area contributed by atoms with Gasteiger partial charge in [0.05, 0.1) is 19.3 Å². The van der Waals surface area contributed by atoms with Gasteiger partial charge in [0, 0.05) is 30.0 Å². The number of rotatable bonds is 8. The second kappa shape index (κ2) is 9.59. The molecule has 1 aromatic rings. The molecule has 1 atom stereocenters. The minimum Gasteiger partial charge on any atom is -0.466 e. The number of dihydropyridines is 1. The van der Waals surface area contributed by atoms with Crippen molar-refractivity contribution in [2.24, 2.45) is 0 Å². The molecule has 1 aliphatic rings. The molecule has 0 radical (unpaired) electrons. The van der Waals surface area contributed by atoms with Gasteiger partial charge >= 0.3 is 5.97 Å². The summed E-state index contributed by atoms with van der Waals surface area (Å²) in [6.07, 6.45) is 0. The Labute approximate surface area is 156 Å². The molecule has 2 rings (SSSR count). The molecule has 0 aliphatic carbocycles. The normalized spacial score (nSPS) is 17.2. The average molecular weight is 383 g/mol. The Bertz CT molecular complexity index is 760. The maximum absolute atomic E-state index is 14.6. The lowest BCUT2D eigenvalue weighted by Gasteiger charge is -2.31. The third kappa shape index (κ3) is 4.71. The maximum Gasteiger partial charge on any atom is 0.336 e. The third-order valence-corrected chi connectivity index (χ3v) is 4.26. The van der Waals surface area contributed by atoms with Crippen LogP contribution >= 0.6 is 0 Å². The molecule has 8 heteroatoms. The molecule has 0 bridgehead atoms. The van der Waals surface area contributed by atoms with Crippen LogP contribution in [-0.2, 0) is 24.0 Å². The Morgan fingerprint density at radius 2 is 1.85 bits per heavy atom. The minimum absolute atomic E-state index is 0.0195. The van der Waals surface area contributed by atoms with Crippen LogP contribution in [0.4, 0.5) is 8.78 Å². The van der Waals surface area contributed by atoms with Crippen LogP contribution in [0.15, 0.2) is 40.7 Å². The number of nitrogens with one attached hydrogen (secondary N) is 1. The molecule has 1 aromatic carbocycles. The smallest absolute Gasteiger partial charge is 0.336 e. The first kappa shape index (κ1) is 21.0. The van der Waals surface area contributed by atoms with E-state index < -0.39 is 23.5 Å². The molecule has 6 nitrogen and oxygen atoms in total. The first-order chi connectivity index (χ1) is 12.9. The van der Waals surface area contributed by atoms with Gasteiger partial charge < -0.3 is 14.8 Å². The van der Waals surface area contributed by atoms with E-state index in [0.29, 0.717) is 23.6 Å². The zero-order chi connectivity index (χ0) is 20.0. The highest BCUT2D eigenvalue weighted by Gasteiger charge is 2.36. The van der Waals surface area contributed by atoms with Crippen LogP contribution in [-0.4, -0.2) is 40.0 Å². The van der Waals surface area contributed by atoms with Gasteiger partial charge in [-0.3, -0.25) is 0 Å². The van der Waals surface area contributed by atoms with Gasteiger partial charge in [-0.1, -0.05) is 12.1 Å². The zero-order valence-corrected chi connectivity index (χ0v) is 15.7. The van der Waals surface area contributed by atoms with E-state index in [4.69, 9.17) is 19.2 Å². The summed E-state index contributed by atoms with van der Waals surface area (Å²) in [7, 11) is 2.76. The predicted molar refractivity (Wildman–Crippen MR) is 93.4 cm³/mol. The van der Waals surface area contributed by atoms with E-state index in [-0.39, 0.29) is 24.4 Å². The van der Waals surface area contributed by atoms with E-state index in [1.165, 1.54) is 26.4 Å². The summed E-state index contributed by atoms with van der Waals surface area (Å²) < 4.78 is 38.1. The lowest BCUT2D eigenvalue weighted by molar-refractivity contribution is -0.292. The van der Waals surface area contributed by atoms with E-state index in [2.05, 4.69) is 5.32 Å². The third-order valence-electron chi connectivity index (χ3n) is 4.26. The molecule has 0 saturated heterocycles. The van der Waals surface area contributed by atoms with Crippen LogP contribution in [0.5, 0.6) is 0 Å². The highest BCUT2D eigenvalue weighted by molar-refractivity contribution is 5.92. The summed E-state index contributed by atoms with van der Waals surface area (Å²) in [6, 6.07) is 3.85. The standard InChI is InChI=1S/C19H23F2NO5/c1-11-14(10-27-26-9-8-24-3)17(13-6-5-7-15(20)18(13)21)16(12(2)22-11)19(23)25-4/h5-7,17,22H,8-10H2,1-4H3. The lowest BCUT2D eigenvalue weighted by atomic mass is 9.80. The molecule has 1 aliphatic heterocycles. The van der Waals surface area contributed by atoms with Crippen LogP contribution in [0.3, 0.4) is 0 Å². The van der Waals surface area contributed by atoms with Crippen LogP contribution in [0.25, 0.3) is 0 Å². The number of allylic oxidation sites excluding steroid dienone is 2. The fourth-order valence-electron chi connectivity index (χ4n) is 2.98. The Hall–Kier alpha value is -2.29. The van der Waals surface area contributed by atoms with Crippen LogP contribution < -0.4 is 5.32 Å². The molecule has 1 unspecified atom stereocenters. The highest BCUT2D eigenvalue weighted by Crippen LogP contribution is 2.40. The number of hydrogen-bond donors (Lipinski definition) is 1. The highest BCUT2D eigenvalue weighted by atomic mass is 19.2. The van der Waals surface area contributed by atoms with Crippen molar-refractivity contribution in [2.45, 2.75) is 19.8 Å². The van der Waals surface area contributed by atoms with E-state index in [1.807, 2.05) is 0 Å². The van der Waals surface area contributed by atoms with E-state index in [0.717, 1.165) is 6.07 Å². The molecule has 0 spiro atoms. The Kier molecular flexibility index (Phi) is 7.46. The zero-order valence-electron chi connectivity index (χ0n) is 15.7. The lowest BCUT2D eigenvalue weighted by Crippen LogP contribution is -2.31. The summed E-state index contributed by atoms with van der Waals surface area (Å²) in [5.74, 6) is -3.54. The number of benzene rings is 1. The molecular weight excluding hydrogens is 360 g/mol. The number of halogens is 2. The Morgan fingerprint density at radius 3 is 2.52 bits per heavy atom. The van der Waals surface area contributed by atoms with E-state index in [1.54, 1.807) is 13.8 Å². The summed E-state index contributed by atoms with van der Waals surface area (Å²) in [4.78, 5) is 22.6. The molecule has 0 amide bonds. The summed E-state index contributed by atoms with van der Waals surface area (Å²) in [5, 5.41) is 3.06. The van der Waals surface area contributed by atoms with Gasteiger partial charge in [-0.15, -0.1) is 0 Å². The van der Waals surface area contributed by atoms with Crippen LogP contribution in [0, 0.1) is 11.6 Å². The summed E-state index contributed by atoms with van der Waals surface area (Å²) in [5.41, 5.74) is 1.89. The van der Waals surface area contributed by atoms with Crippen LogP contribution in [0.1, 0.15) is 25.3 Å². The minimum atomic E-state index is -1.02. The SMILES string of the molecule is COCCOOCC1=C(C)NC(C)=C(C(=O)OC)C1c1cccc(F)c1F. The van der Waals surface area contributed by atoms with Crippen molar-refractivity contribution in [3.05, 3.63) is 57.9 Å². The number of ether oxygens (including phenoxy) is 2. The number of carbonyl (C=O) groups excluding carboxylic acids is 1. The first-order valence-electron chi connectivity index (χ1n) is 8.35. The summed E-state index contributed by atoms with van der Waals surface area (Å²) >= 11 is 0. The molecular formula is C19H23F2NO5. The fourth-order valence-corrected chi connectivity index (χ4v) is 2.98. The fraction of sp³-hybridized carbons (Fsp3) is 0.421. The quantitative estimate of drug-likeness (QED) is 0.322. The summed E-state index contributed by atoms with van der Waals surface area (Å²) in [6.45, 7) is 3.91. The number of carbonyl (C=O) groups is 1. The van der Waals surface area contributed by atoms with Gasteiger partial charge in [-0.05, 0) is 25.5 Å². The van der Waals surface area contributed by atoms with Crippen molar-refractivity contribution in [3.8, 4) is 0 Å². The van der Waals surface area contributed by atoms with Gasteiger partial charge in [-0.2, -0.15) is 0 Å². The van der Waals surface area contributed by atoms with Crippen molar-refractivity contribution in [1.29, 1.82) is 0 Å². The molecule has 1 N–H and O–H groups in total. The number of hydrogen-bond acceptors (Lipinski definition) is 6. The molecule has 27 heavy (non-hydrogen) atoms. The molecule has 148 valence electrons. The van der Waals surface area contributed by atoms with Gasteiger partial charge in [-0.25, -0.2) is 23.4 Å². The van der Waals surface area contributed by atoms with Crippen molar-refractivity contribution >= 4 is 5.97 Å². The first-order valence-corrected chi connectivity index (χ1v) is 8.35. The van der Waals surface area contributed by atoms with Crippen molar-refractivity contribution in [1.82, 2.24) is 5.32 Å².